The van der Waals surface area contributed by atoms with E-state index in [1.54, 1.807) is 30.3 Å². The van der Waals surface area contributed by atoms with Crippen molar-refractivity contribution in [3.05, 3.63) is 57.6 Å². The third-order valence-corrected chi connectivity index (χ3v) is 3.07. The number of aryl methyl sites for hydroxylation is 1. The number of hydrogen-bond donors (Lipinski definition) is 1. The molecule has 0 heterocycles. The van der Waals surface area contributed by atoms with Crippen molar-refractivity contribution in [1.82, 2.24) is 0 Å². The summed E-state index contributed by atoms with van der Waals surface area (Å²) in [6, 6.07) is 10.6. The van der Waals surface area contributed by atoms with Crippen LogP contribution >= 0.6 is 23.2 Å². The SMILES string of the molecule is Cc1cc(Cl)ccc1Oc1ccc(CO)cc1Cl. The Morgan fingerprint density at radius 3 is 2.39 bits per heavy atom. The first-order valence-corrected chi connectivity index (χ1v) is 6.19. The van der Waals surface area contributed by atoms with E-state index >= 15 is 0 Å². The highest BCUT2D eigenvalue weighted by molar-refractivity contribution is 6.32. The van der Waals surface area contributed by atoms with Gasteiger partial charge in [-0.25, -0.2) is 0 Å². The molecule has 0 aliphatic heterocycles. The summed E-state index contributed by atoms with van der Waals surface area (Å²) in [7, 11) is 0. The summed E-state index contributed by atoms with van der Waals surface area (Å²) in [6.07, 6.45) is 0. The molecule has 2 aromatic rings. The average Bonchev–Trinajstić information content (AvgIpc) is 2.34. The van der Waals surface area contributed by atoms with Gasteiger partial charge in [-0.2, -0.15) is 0 Å². The van der Waals surface area contributed by atoms with Crippen LogP contribution in [0.3, 0.4) is 0 Å². The summed E-state index contributed by atoms with van der Waals surface area (Å²) in [4.78, 5) is 0. The molecule has 0 amide bonds. The number of aliphatic hydroxyl groups excluding tert-OH is 1. The molecule has 0 saturated heterocycles. The fourth-order valence-corrected chi connectivity index (χ4v) is 2.04. The maximum Gasteiger partial charge on any atom is 0.146 e. The van der Waals surface area contributed by atoms with Gasteiger partial charge >= 0.3 is 0 Å². The monoisotopic (exact) mass is 282 g/mol. The molecular formula is C14H12Cl2O2. The van der Waals surface area contributed by atoms with Gasteiger partial charge in [0.05, 0.1) is 11.6 Å². The van der Waals surface area contributed by atoms with E-state index in [9.17, 15) is 0 Å². The fraction of sp³-hybridized carbons (Fsp3) is 0.143. The number of aliphatic hydroxyl groups is 1. The van der Waals surface area contributed by atoms with Gasteiger partial charge in [0.1, 0.15) is 11.5 Å². The van der Waals surface area contributed by atoms with Gasteiger partial charge in [0.25, 0.3) is 0 Å². The minimum absolute atomic E-state index is 0.0417. The van der Waals surface area contributed by atoms with Crippen molar-refractivity contribution >= 4 is 23.2 Å². The van der Waals surface area contributed by atoms with Crippen LogP contribution in [0.25, 0.3) is 0 Å². The molecule has 0 spiro atoms. The third kappa shape index (κ3) is 2.96. The summed E-state index contributed by atoms with van der Waals surface area (Å²) >= 11 is 12.0. The lowest BCUT2D eigenvalue weighted by atomic mass is 10.2. The molecule has 1 N–H and O–H groups in total. The van der Waals surface area contributed by atoms with Crippen molar-refractivity contribution in [1.29, 1.82) is 0 Å². The van der Waals surface area contributed by atoms with Crippen molar-refractivity contribution in [2.24, 2.45) is 0 Å². The van der Waals surface area contributed by atoms with Crippen molar-refractivity contribution < 1.29 is 9.84 Å². The Kier molecular flexibility index (Phi) is 4.12. The maximum absolute atomic E-state index is 9.00. The van der Waals surface area contributed by atoms with Crippen LogP contribution in [0.2, 0.25) is 10.0 Å². The molecule has 4 heteroatoms. The van der Waals surface area contributed by atoms with Gasteiger partial charge in [-0.15, -0.1) is 0 Å². The minimum Gasteiger partial charge on any atom is -0.456 e. The first-order valence-electron chi connectivity index (χ1n) is 5.43. The lowest BCUT2D eigenvalue weighted by molar-refractivity contribution is 0.281. The van der Waals surface area contributed by atoms with E-state index in [4.69, 9.17) is 33.0 Å². The van der Waals surface area contributed by atoms with E-state index < -0.39 is 0 Å². The van der Waals surface area contributed by atoms with Gasteiger partial charge in [0.2, 0.25) is 0 Å². The Bertz CT molecular complexity index is 568. The van der Waals surface area contributed by atoms with E-state index in [2.05, 4.69) is 0 Å². The van der Waals surface area contributed by atoms with Crippen LogP contribution in [0.5, 0.6) is 11.5 Å². The van der Waals surface area contributed by atoms with Crippen LogP contribution in [0.1, 0.15) is 11.1 Å². The third-order valence-electron chi connectivity index (χ3n) is 2.54. The highest BCUT2D eigenvalue weighted by Crippen LogP contribution is 2.32. The second kappa shape index (κ2) is 5.61. The zero-order valence-corrected chi connectivity index (χ0v) is 11.3. The molecule has 0 atom stereocenters. The Balaban J connectivity index is 2.28. The average molecular weight is 283 g/mol. The van der Waals surface area contributed by atoms with Crippen molar-refractivity contribution in [3.63, 3.8) is 0 Å². The lowest BCUT2D eigenvalue weighted by Crippen LogP contribution is -1.90. The van der Waals surface area contributed by atoms with Crippen LogP contribution in [-0.2, 0) is 6.61 Å². The van der Waals surface area contributed by atoms with Gasteiger partial charge < -0.3 is 9.84 Å². The fourth-order valence-electron chi connectivity index (χ4n) is 1.57. The van der Waals surface area contributed by atoms with Crippen molar-refractivity contribution in [2.45, 2.75) is 13.5 Å². The molecular weight excluding hydrogens is 271 g/mol. The zero-order valence-electron chi connectivity index (χ0n) is 9.78. The van der Waals surface area contributed by atoms with E-state index in [0.717, 1.165) is 11.1 Å². The van der Waals surface area contributed by atoms with E-state index in [-0.39, 0.29) is 6.61 Å². The number of benzene rings is 2. The normalized spacial score (nSPS) is 10.4. The van der Waals surface area contributed by atoms with Gasteiger partial charge in [-0.1, -0.05) is 29.3 Å². The molecule has 94 valence electrons. The first-order chi connectivity index (χ1) is 8.60. The molecule has 0 aliphatic rings. The predicted molar refractivity (Wildman–Crippen MR) is 73.6 cm³/mol. The van der Waals surface area contributed by atoms with Crippen LogP contribution in [-0.4, -0.2) is 5.11 Å². The Morgan fingerprint density at radius 1 is 1.06 bits per heavy atom. The molecule has 18 heavy (non-hydrogen) atoms. The molecule has 0 bridgehead atoms. The summed E-state index contributed by atoms with van der Waals surface area (Å²) in [5.74, 6) is 1.26. The summed E-state index contributed by atoms with van der Waals surface area (Å²) in [6.45, 7) is 1.87. The number of halogens is 2. The van der Waals surface area contributed by atoms with E-state index in [0.29, 0.717) is 21.5 Å². The zero-order chi connectivity index (χ0) is 13.1. The maximum atomic E-state index is 9.00. The quantitative estimate of drug-likeness (QED) is 0.893. The van der Waals surface area contributed by atoms with Crippen LogP contribution in [0, 0.1) is 6.92 Å². The minimum atomic E-state index is -0.0417. The largest absolute Gasteiger partial charge is 0.456 e. The summed E-state index contributed by atoms with van der Waals surface area (Å²) in [5.41, 5.74) is 1.69. The molecule has 0 radical (unpaired) electrons. The van der Waals surface area contributed by atoms with Crippen LogP contribution in [0.4, 0.5) is 0 Å². The molecule has 0 fully saturated rings. The Labute approximate surface area is 116 Å². The lowest BCUT2D eigenvalue weighted by Gasteiger charge is -2.11. The Morgan fingerprint density at radius 2 is 1.78 bits per heavy atom. The van der Waals surface area contributed by atoms with Gasteiger partial charge in [0.15, 0.2) is 0 Å². The first kappa shape index (κ1) is 13.2. The molecule has 0 aliphatic carbocycles. The van der Waals surface area contributed by atoms with Gasteiger partial charge in [-0.05, 0) is 48.4 Å². The second-order valence-electron chi connectivity index (χ2n) is 3.93. The Hall–Kier alpha value is -1.22. The summed E-state index contributed by atoms with van der Waals surface area (Å²) < 4.78 is 5.72. The van der Waals surface area contributed by atoms with E-state index in [1.165, 1.54) is 0 Å². The molecule has 2 nitrogen and oxygen atoms in total. The van der Waals surface area contributed by atoms with E-state index in [1.807, 2.05) is 13.0 Å². The summed E-state index contributed by atoms with van der Waals surface area (Å²) in [5, 5.41) is 10.1. The highest BCUT2D eigenvalue weighted by atomic mass is 35.5. The highest BCUT2D eigenvalue weighted by Gasteiger charge is 2.06. The van der Waals surface area contributed by atoms with Crippen molar-refractivity contribution in [3.8, 4) is 11.5 Å². The standard InChI is InChI=1S/C14H12Cl2O2/c1-9-6-11(15)3-5-13(9)18-14-4-2-10(8-17)7-12(14)16/h2-7,17H,8H2,1H3. The van der Waals surface area contributed by atoms with Gasteiger partial charge in [0, 0.05) is 5.02 Å². The van der Waals surface area contributed by atoms with Crippen molar-refractivity contribution in [2.75, 3.05) is 0 Å². The number of rotatable bonds is 3. The van der Waals surface area contributed by atoms with Crippen LogP contribution in [0.15, 0.2) is 36.4 Å². The molecule has 0 unspecified atom stereocenters. The van der Waals surface area contributed by atoms with Gasteiger partial charge in [-0.3, -0.25) is 0 Å². The number of hydrogen-bond acceptors (Lipinski definition) is 2. The molecule has 0 saturated carbocycles. The molecule has 0 aromatic heterocycles. The van der Waals surface area contributed by atoms with Crippen LogP contribution < -0.4 is 4.74 Å². The topological polar surface area (TPSA) is 29.5 Å². The molecule has 2 aromatic carbocycles. The molecule has 2 rings (SSSR count). The predicted octanol–water partition coefficient (Wildman–Crippen LogP) is 4.59. The number of ether oxygens (including phenoxy) is 1. The second-order valence-corrected chi connectivity index (χ2v) is 4.78. The smallest absolute Gasteiger partial charge is 0.146 e.